The number of thiocarbonyl (C=S) groups is 1. The SMILES string of the molecule is COCCCN1C(=S)N[C@H](c2ccccn2)[C@@H]1c1cc2c(cc1Cl)N(C)C(C)(C)C=C2C. The molecule has 2 aromatic rings. The standard InChI is InChI=1S/C25H31ClN4OS/c1-16-15-25(2,3)29(4)21-14-19(26)18(13-17(16)21)23-22(20-9-6-7-10-27-20)28-24(32)30(23)11-8-12-31-5/h6-7,9-10,13-15,22-23H,8,11-12H2,1-5H3,(H,28,32)/t22-,23+/m1/s1. The zero-order chi connectivity index (χ0) is 23.0. The predicted molar refractivity (Wildman–Crippen MR) is 136 cm³/mol. The summed E-state index contributed by atoms with van der Waals surface area (Å²) in [4.78, 5) is 9.15. The predicted octanol–water partition coefficient (Wildman–Crippen LogP) is 5.38. The summed E-state index contributed by atoms with van der Waals surface area (Å²) in [6.07, 6.45) is 5.02. The first kappa shape index (κ1) is 23.0. The van der Waals surface area contributed by atoms with E-state index >= 15 is 0 Å². The van der Waals surface area contributed by atoms with Crippen LogP contribution in [0.1, 0.15) is 56.1 Å². The van der Waals surface area contributed by atoms with Crippen LogP contribution in [0.15, 0.2) is 42.6 Å². The highest BCUT2D eigenvalue weighted by molar-refractivity contribution is 7.80. The molecule has 0 spiro atoms. The first-order valence-corrected chi connectivity index (χ1v) is 11.8. The van der Waals surface area contributed by atoms with Crippen LogP contribution in [-0.4, -0.2) is 47.8 Å². The number of fused-ring (bicyclic) bond motifs is 1. The highest BCUT2D eigenvalue weighted by Gasteiger charge is 2.41. The monoisotopic (exact) mass is 470 g/mol. The maximum Gasteiger partial charge on any atom is 0.170 e. The zero-order valence-corrected chi connectivity index (χ0v) is 20.9. The third kappa shape index (κ3) is 4.12. The molecule has 0 saturated carbocycles. The maximum absolute atomic E-state index is 6.99. The number of nitrogens with one attached hydrogen (secondary N) is 1. The van der Waals surface area contributed by atoms with Crippen LogP contribution in [0.3, 0.4) is 0 Å². The number of hydrogen-bond donors (Lipinski definition) is 1. The van der Waals surface area contributed by atoms with E-state index in [4.69, 9.17) is 28.6 Å². The molecule has 2 aliphatic heterocycles. The molecule has 3 heterocycles. The van der Waals surface area contributed by atoms with E-state index in [1.807, 2.05) is 24.4 Å². The molecule has 0 aliphatic carbocycles. The molecule has 0 bridgehead atoms. The highest BCUT2D eigenvalue weighted by Crippen LogP contribution is 2.46. The van der Waals surface area contributed by atoms with Gasteiger partial charge in [0.15, 0.2) is 5.11 Å². The maximum atomic E-state index is 6.99. The Morgan fingerprint density at radius 3 is 2.75 bits per heavy atom. The number of likely N-dealkylation sites (N-methyl/N-ethyl adjacent to an activating group) is 1. The minimum Gasteiger partial charge on any atom is -0.385 e. The molecule has 0 unspecified atom stereocenters. The minimum absolute atomic E-state index is 0.0555. The summed E-state index contributed by atoms with van der Waals surface area (Å²) in [5.74, 6) is 0. The summed E-state index contributed by atoms with van der Waals surface area (Å²) < 4.78 is 5.29. The molecule has 4 rings (SSSR count). The van der Waals surface area contributed by atoms with Crippen molar-refractivity contribution in [3.05, 3.63) is 64.4 Å². The van der Waals surface area contributed by atoms with E-state index in [1.54, 1.807) is 7.11 Å². The van der Waals surface area contributed by atoms with E-state index < -0.39 is 0 Å². The average molecular weight is 471 g/mol. The van der Waals surface area contributed by atoms with Crippen LogP contribution in [0, 0.1) is 0 Å². The van der Waals surface area contributed by atoms with Crippen molar-refractivity contribution in [1.29, 1.82) is 0 Å². The van der Waals surface area contributed by atoms with Crippen molar-refractivity contribution in [2.75, 3.05) is 32.2 Å². The lowest BCUT2D eigenvalue weighted by atomic mass is 9.86. The Morgan fingerprint density at radius 2 is 2.06 bits per heavy atom. The molecule has 170 valence electrons. The molecule has 1 N–H and O–H groups in total. The second kappa shape index (κ2) is 9.00. The molecule has 5 nitrogen and oxygen atoms in total. The largest absolute Gasteiger partial charge is 0.385 e. The molecule has 32 heavy (non-hydrogen) atoms. The fourth-order valence-electron chi connectivity index (χ4n) is 4.78. The van der Waals surface area contributed by atoms with E-state index in [1.165, 1.54) is 11.1 Å². The number of ether oxygens (including phenoxy) is 1. The van der Waals surface area contributed by atoms with E-state index in [0.29, 0.717) is 6.61 Å². The Bertz CT molecular complexity index is 1040. The van der Waals surface area contributed by atoms with Gasteiger partial charge in [-0.2, -0.15) is 0 Å². The van der Waals surface area contributed by atoms with E-state index in [-0.39, 0.29) is 17.6 Å². The van der Waals surface area contributed by atoms with Gasteiger partial charge >= 0.3 is 0 Å². The number of allylic oxidation sites excluding steroid dienone is 1. The summed E-state index contributed by atoms with van der Waals surface area (Å²) in [5, 5.41) is 4.98. The lowest BCUT2D eigenvalue weighted by Crippen LogP contribution is -2.42. The van der Waals surface area contributed by atoms with Crippen molar-refractivity contribution in [2.45, 2.75) is 44.8 Å². The summed E-state index contributed by atoms with van der Waals surface area (Å²) in [5.41, 5.74) is 5.56. The van der Waals surface area contributed by atoms with E-state index in [9.17, 15) is 0 Å². The second-order valence-electron chi connectivity index (χ2n) is 9.10. The van der Waals surface area contributed by atoms with Crippen LogP contribution in [-0.2, 0) is 4.74 Å². The van der Waals surface area contributed by atoms with Gasteiger partial charge in [-0.15, -0.1) is 0 Å². The van der Waals surface area contributed by atoms with Gasteiger partial charge in [0.25, 0.3) is 0 Å². The molecular formula is C25H31ClN4OS. The first-order chi connectivity index (χ1) is 15.2. The van der Waals surface area contributed by atoms with Gasteiger partial charge in [-0.1, -0.05) is 23.7 Å². The molecule has 2 atom stereocenters. The Kier molecular flexibility index (Phi) is 6.48. The molecule has 7 heteroatoms. The third-order valence-electron chi connectivity index (χ3n) is 6.60. The van der Waals surface area contributed by atoms with Crippen LogP contribution in [0.2, 0.25) is 5.02 Å². The Balaban J connectivity index is 1.82. The van der Waals surface area contributed by atoms with Crippen molar-refractivity contribution >= 4 is 40.2 Å². The molecule has 0 radical (unpaired) electrons. The van der Waals surface area contributed by atoms with Crippen molar-refractivity contribution in [3.8, 4) is 0 Å². The smallest absolute Gasteiger partial charge is 0.170 e. The van der Waals surface area contributed by atoms with Crippen molar-refractivity contribution in [1.82, 2.24) is 15.2 Å². The third-order valence-corrected chi connectivity index (χ3v) is 7.28. The topological polar surface area (TPSA) is 40.6 Å². The molecule has 2 aliphatic rings. The number of rotatable bonds is 6. The number of pyridine rings is 1. The van der Waals surface area contributed by atoms with Crippen LogP contribution in [0.5, 0.6) is 0 Å². The van der Waals surface area contributed by atoms with Crippen molar-refractivity contribution < 1.29 is 4.74 Å². The molecule has 1 aromatic carbocycles. The van der Waals surface area contributed by atoms with Crippen LogP contribution in [0.25, 0.3) is 5.57 Å². The normalized spacial score (nSPS) is 21.9. The molecule has 1 saturated heterocycles. The summed E-state index contributed by atoms with van der Waals surface area (Å²) in [7, 11) is 3.85. The molecule has 0 amide bonds. The quantitative estimate of drug-likeness (QED) is 0.451. The van der Waals surface area contributed by atoms with Crippen LogP contribution >= 0.6 is 23.8 Å². The van der Waals surface area contributed by atoms with Gasteiger partial charge in [0.2, 0.25) is 0 Å². The Morgan fingerprint density at radius 1 is 1.28 bits per heavy atom. The number of halogens is 1. The fraction of sp³-hybridized carbons (Fsp3) is 0.440. The lowest BCUT2D eigenvalue weighted by Gasteiger charge is -2.41. The highest BCUT2D eigenvalue weighted by atomic mass is 35.5. The number of benzene rings is 1. The summed E-state index contributed by atoms with van der Waals surface area (Å²) in [6, 6.07) is 10.2. The van der Waals surface area contributed by atoms with Crippen molar-refractivity contribution in [2.24, 2.45) is 0 Å². The van der Waals surface area contributed by atoms with Gasteiger partial charge in [-0.25, -0.2) is 0 Å². The molecule has 1 fully saturated rings. The van der Waals surface area contributed by atoms with Gasteiger partial charge in [0, 0.05) is 49.8 Å². The summed E-state index contributed by atoms with van der Waals surface area (Å²) in [6.45, 7) is 8.07. The number of hydrogen-bond acceptors (Lipinski definition) is 4. The zero-order valence-electron chi connectivity index (χ0n) is 19.4. The van der Waals surface area contributed by atoms with Gasteiger partial charge < -0.3 is 19.9 Å². The van der Waals surface area contributed by atoms with Gasteiger partial charge in [0.05, 0.1) is 23.3 Å². The fourth-order valence-corrected chi connectivity index (χ4v) is 5.38. The van der Waals surface area contributed by atoms with Gasteiger partial charge in [-0.05, 0) is 74.8 Å². The lowest BCUT2D eigenvalue weighted by molar-refractivity contribution is 0.180. The minimum atomic E-state index is -0.0798. The summed E-state index contributed by atoms with van der Waals surface area (Å²) >= 11 is 12.7. The van der Waals surface area contributed by atoms with Crippen LogP contribution in [0.4, 0.5) is 5.69 Å². The van der Waals surface area contributed by atoms with Gasteiger partial charge in [-0.3, -0.25) is 4.98 Å². The molecular weight excluding hydrogens is 440 g/mol. The first-order valence-electron chi connectivity index (χ1n) is 11.0. The van der Waals surface area contributed by atoms with E-state index in [2.05, 4.69) is 66.1 Å². The number of aromatic nitrogens is 1. The number of methoxy groups -OCH3 is 1. The Hall–Kier alpha value is -2.15. The average Bonchev–Trinajstić information content (AvgIpc) is 3.08. The second-order valence-corrected chi connectivity index (χ2v) is 9.89. The molecule has 1 aromatic heterocycles. The van der Waals surface area contributed by atoms with Crippen molar-refractivity contribution in [3.63, 3.8) is 0 Å². The van der Waals surface area contributed by atoms with Crippen LogP contribution < -0.4 is 10.2 Å². The number of anilines is 1. The van der Waals surface area contributed by atoms with Gasteiger partial charge in [0.1, 0.15) is 0 Å². The van der Waals surface area contributed by atoms with E-state index in [0.717, 1.165) is 40.0 Å². The number of nitrogens with zero attached hydrogens (tertiary/aromatic N) is 3. The Labute approximate surface area is 201 Å².